The number of nitrogens with zero attached hydrogens (tertiary/aromatic N) is 2. The van der Waals surface area contributed by atoms with Crippen LogP contribution in [-0.2, 0) is 5.41 Å². The average Bonchev–Trinajstić information content (AvgIpc) is 4.15. The molecule has 0 atom stereocenters. The predicted octanol–water partition coefficient (Wildman–Crippen LogP) is 18.8. The number of fused-ring (bicyclic) bond motifs is 14. The van der Waals surface area contributed by atoms with E-state index >= 15 is 0 Å². The molecule has 13 aromatic rings. The molecule has 0 radical (unpaired) electrons. The van der Waals surface area contributed by atoms with E-state index in [2.05, 4.69) is 289 Å². The van der Waals surface area contributed by atoms with E-state index in [1.54, 1.807) is 0 Å². The Balaban J connectivity index is 0.787. The van der Waals surface area contributed by atoms with Crippen LogP contribution < -0.4 is 4.90 Å². The van der Waals surface area contributed by atoms with Crippen molar-refractivity contribution in [2.24, 2.45) is 0 Å². The normalized spacial score (nSPS) is 12.8. The second-order valence-corrected chi connectivity index (χ2v) is 19.5. The van der Waals surface area contributed by atoms with Crippen LogP contribution in [0, 0.1) is 0 Å². The first-order chi connectivity index (χ1) is 36.2. The monoisotopic (exact) mass is 926 g/mol. The third kappa shape index (κ3) is 6.17. The lowest BCUT2D eigenvalue weighted by Gasteiger charge is -2.30. The van der Waals surface area contributed by atoms with Crippen molar-refractivity contribution >= 4 is 49.6 Å². The van der Waals surface area contributed by atoms with Crippen LogP contribution in [0.2, 0.25) is 0 Å². The maximum Gasteiger partial charge on any atom is 0.0725 e. The van der Waals surface area contributed by atoms with Gasteiger partial charge in [0.25, 0.3) is 0 Å². The van der Waals surface area contributed by atoms with Crippen molar-refractivity contribution in [1.82, 2.24) is 4.57 Å². The van der Waals surface area contributed by atoms with Crippen LogP contribution in [0.15, 0.2) is 279 Å². The Morgan fingerprint density at radius 2 is 0.685 bits per heavy atom. The van der Waals surface area contributed by atoms with Gasteiger partial charge < -0.3 is 9.47 Å². The molecule has 0 fully saturated rings. The van der Waals surface area contributed by atoms with Crippen molar-refractivity contribution in [3.8, 4) is 61.3 Å². The van der Waals surface area contributed by atoms with E-state index in [1.807, 2.05) is 0 Å². The lowest BCUT2D eigenvalue weighted by molar-refractivity contribution is 0.794. The Morgan fingerprint density at radius 1 is 0.274 bits per heavy atom. The molecular formula is C71H46N2. The predicted molar refractivity (Wildman–Crippen MR) is 306 cm³/mol. The number of para-hydroxylation sites is 3. The summed E-state index contributed by atoms with van der Waals surface area (Å²) in [7, 11) is 0. The van der Waals surface area contributed by atoms with E-state index < -0.39 is 0 Å². The Kier molecular flexibility index (Phi) is 9.21. The van der Waals surface area contributed by atoms with Gasteiger partial charge in [-0.3, -0.25) is 0 Å². The third-order valence-electron chi connectivity index (χ3n) is 15.8. The van der Waals surface area contributed by atoms with Crippen LogP contribution in [-0.4, -0.2) is 4.57 Å². The molecule has 0 amide bonds. The summed E-state index contributed by atoms with van der Waals surface area (Å²) in [5, 5.41) is 4.94. The Hall–Kier alpha value is -9.50. The Labute approximate surface area is 425 Å². The van der Waals surface area contributed by atoms with E-state index in [0.717, 1.165) is 17.1 Å². The zero-order chi connectivity index (χ0) is 48.0. The molecule has 2 heteroatoms. The number of hydrogen-bond donors (Lipinski definition) is 0. The van der Waals surface area contributed by atoms with Crippen LogP contribution in [0.3, 0.4) is 0 Å². The lowest BCUT2D eigenvalue weighted by atomic mass is 9.70. The van der Waals surface area contributed by atoms with Gasteiger partial charge in [-0.1, -0.05) is 224 Å². The third-order valence-corrected chi connectivity index (χ3v) is 15.8. The highest BCUT2D eigenvalue weighted by Crippen LogP contribution is 2.63. The van der Waals surface area contributed by atoms with Gasteiger partial charge in [0.05, 0.1) is 27.8 Å². The van der Waals surface area contributed by atoms with Gasteiger partial charge in [-0.15, -0.1) is 0 Å². The molecule has 73 heavy (non-hydrogen) atoms. The molecule has 0 aliphatic heterocycles. The number of aromatic nitrogens is 1. The minimum absolute atomic E-state index is 0.381. The number of benzene rings is 12. The number of rotatable bonds is 7. The van der Waals surface area contributed by atoms with Gasteiger partial charge in [-0.05, 0) is 132 Å². The van der Waals surface area contributed by atoms with Gasteiger partial charge in [0.1, 0.15) is 0 Å². The summed E-state index contributed by atoms with van der Waals surface area (Å²) >= 11 is 0. The summed E-state index contributed by atoms with van der Waals surface area (Å²) in [5.41, 5.74) is 24.4. The summed E-state index contributed by atoms with van der Waals surface area (Å²) in [6.07, 6.45) is 0. The van der Waals surface area contributed by atoms with Crippen molar-refractivity contribution in [2.45, 2.75) is 5.41 Å². The SMILES string of the molecule is c1ccc(-n2c3ccccc3c3ccccc32)c(-c2ccc(-c3ccc(N(c4ccc(-c5ccc6c(c5)C5(c7ccccc7-c7ccccc75)c5ccccc5-6)cc4)c4cccc5ccccc45)cc3)cc2)c1. The van der Waals surface area contributed by atoms with Crippen molar-refractivity contribution in [2.75, 3.05) is 4.90 Å². The molecule has 0 bridgehead atoms. The van der Waals surface area contributed by atoms with Gasteiger partial charge >= 0.3 is 0 Å². The average molecular weight is 927 g/mol. The van der Waals surface area contributed by atoms with Crippen LogP contribution in [0.4, 0.5) is 17.1 Å². The zero-order valence-electron chi connectivity index (χ0n) is 40.0. The maximum atomic E-state index is 2.47. The second kappa shape index (κ2) is 16.3. The van der Waals surface area contributed by atoms with Crippen LogP contribution in [0.25, 0.3) is 93.9 Å². The first kappa shape index (κ1) is 41.3. The van der Waals surface area contributed by atoms with E-state index in [0.29, 0.717) is 0 Å². The van der Waals surface area contributed by atoms with Crippen molar-refractivity contribution in [1.29, 1.82) is 0 Å². The fourth-order valence-corrected chi connectivity index (χ4v) is 12.6. The lowest BCUT2D eigenvalue weighted by Crippen LogP contribution is -2.25. The fourth-order valence-electron chi connectivity index (χ4n) is 12.6. The minimum Gasteiger partial charge on any atom is -0.310 e. The van der Waals surface area contributed by atoms with Gasteiger partial charge in [0.15, 0.2) is 0 Å². The summed E-state index contributed by atoms with van der Waals surface area (Å²) in [6.45, 7) is 0. The van der Waals surface area contributed by atoms with Crippen molar-refractivity contribution in [3.63, 3.8) is 0 Å². The summed E-state index contributed by atoms with van der Waals surface area (Å²) in [4.78, 5) is 2.41. The molecule has 2 aliphatic carbocycles. The minimum atomic E-state index is -0.381. The molecule has 0 N–H and O–H groups in total. The first-order valence-corrected chi connectivity index (χ1v) is 25.3. The smallest absolute Gasteiger partial charge is 0.0725 e. The summed E-state index contributed by atoms with van der Waals surface area (Å²) in [5.74, 6) is 0. The molecule has 12 aromatic carbocycles. The molecule has 1 aromatic heterocycles. The van der Waals surface area contributed by atoms with E-state index in [1.165, 1.54) is 116 Å². The number of anilines is 3. The standard InChI is InChI=1S/C71H46N2/c1-2-18-55-50(16-1)17-15-31-67(55)72(53-41-36-48(37-42-53)47-32-34-51(35-33-47)56-19-6-12-28-68(56)73-69-29-13-7-23-61(69)62-24-8-14-30-70(62)73)54-43-38-49(39-44-54)52-40-45-60-59-22-5-11-27-65(59)71(66(60)46-52)63-25-9-3-20-57(63)58-21-4-10-26-64(58)71/h1-46H. The van der Waals surface area contributed by atoms with Gasteiger partial charge in [0, 0.05) is 33.1 Å². The maximum absolute atomic E-state index is 2.47. The highest BCUT2D eigenvalue weighted by atomic mass is 15.1. The molecule has 340 valence electrons. The highest BCUT2D eigenvalue weighted by molar-refractivity contribution is 6.10. The Bertz CT molecular complexity index is 4190. The van der Waals surface area contributed by atoms with Crippen molar-refractivity contribution < 1.29 is 0 Å². The summed E-state index contributed by atoms with van der Waals surface area (Å²) in [6, 6.07) is 103. The van der Waals surface area contributed by atoms with Gasteiger partial charge in [-0.2, -0.15) is 0 Å². The van der Waals surface area contributed by atoms with E-state index in [9.17, 15) is 0 Å². The topological polar surface area (TPSA) is 8.17 Å². The second-order valence-electron chi connectivity index (χ2n) is 19.5. The fraction of sp³-hybridized carbons (Fsp3) is 0.0141. The van der Waals surface area contributed by atoms with Gasteiger partial charge in [-0.25, -0.2) is 0 Å². The molecule has 1 spiro atoms. The molecule has 2 aliphatic rings. The molecule has 0 unspecified atom stereocenters. The van der Waals surface area contributed by atoms with E-state index in [-0.39, 0.29) is 5.41 Å². The highest BCUT2D eigenvalue weighted by Gasteiger charge is 2.51. The summed E-state index contributed by atoms with van der Waals surface area (Å²) < 4.78 is 2.41. The molecule has 0 saturated heterocycles. The van der Waals surface area contributed by atoms with Crippen LogP contribution in [0.1, 0.15) is 22.3 Å². The first-order valence-electron chi connectivity index (χ1n) is 25.3. The molecule has 2 nitrogen and oxygen atoms in total. The zero-order valence-corrected chi connectivity index (χ0v) is 40.0. The molecule has 15 rings (SSSR count). The van der Waals surface area contributed by atoms with Crippen molar-refractivity contribution in [3.05, 3.63) is 301 Å². The molecule has 0 saturated carbocycles. The van der Waals surface area contributed by atoms with Gasteiger partial charge in [0.2, 0.25) is 0 Å². The quantitative estimate of drug-likeness (QED) is 0.155. The molecular weight excluding hydrogens is 881 g/mol. The Morgan fingerprint density at radius 3 is 1.27 bits per heavy atom. The van der Waals surface area contributed by atoms with Crippen LogP contribution >= 0.6 is 0 Å². The van der Waals surface area contributed by atoms with E-state index in [4.69, 9.17) is 0 Å². The van der Waals surface area contributed by atoms with Crippen LogP contribution in [0.5, 0.6) is 0 Å². The number of hydrogen-bond acceptors (Lipinski definition) is 1. The molecule has 1 heterocycles. The largest absolute Gasteiger partial charge is 0.310 e.